The van der Waals surface area contributed by atoms with Gasteiger partial charge in [-0.1, -0.05) is 17.7 Å². The second-order valence-electron chi connectivity index (χ2n) is 3.88. The molecule has 0 radical (unpaired) electrons. The summed E-state index contributed by atoms with van der Waals surface area (Å²) in [4.78, 5) is 12.9. The van der Waals surface area contributed by atoms with Crippen molar-refractivity contribution < 1.29 is 14.3 Å². The SMILES string of the molecule is CN(Cc1ccco1)c1c(Cl)cccc1C(=O)O. The molecule has 4 nitrogen and oxygen atoms in total. The number of furan rings is 1. The van der Waals surface area contributed by atoms with Crippen molar-refractivity contribution in [2.45, 2.75) is 6.54 Å². The van der Waals surface area contributed by atoms with Gasteiger partial charge in [0.25, 0.3) is 0 Å². The van der Waals surface area contributed by atoms with Gasteiger partial charge in [-0.2, -0.15) is 0 Å². The fourth-order valence-corrected chi connectivity index (χ4v) is 2.11. The summed E-state index contributed by atoms with van der Waals surface area (Å²) in [6.45, 7) is 0.455. The topological polar surface area (TPSA) is 53.7 Å². The Labute approximate surface area is 109 Å². The van der Waals surface area contributed by atoms with E-state index >= 15 is 0 Å². The summed E-state index contributed by atoms with van der Waals surface area (Å²) in [5, 5.41) is 9.56. The molecule has 0 atom stereocenters. The Morgan fingerprint density at radius 3 is 2.78 bits per heavy atom. The number of halogens is 1. The fraction of sp³-hybridized carbons (Fsp3) is 0.154. The third-order valence-electron chi connectivity index (χ3n) is 2.57. The molecule has 2 rings (SSSR count). The van der Waals surface area contributed by atoms with Crippen molar-refractivity contribution in [1.29, 1.82) is 0 Å². The number of rotatable bonds is 4. The first-order valence-corrected chi connectivity index (χ1v) is 5.72. The van der Waals surface area contributed by atoms with Gasteiger partial charge in [0.1, 0.15) is 5.76 Å². The number of aromatic carboxylic acids is 1. The molecule has 0 spiro atoms. The number of benzene rings is 1. The van der Waals surface area contributed by atoms with Crippen molar-refractivity contribution in [1.82, 2.24) is 0 Å². The van der Waals surface area contributed by atoms with E-state index in [-0.39, 0.29) is 5.56 Å². The molecule has 1 N–H and O–H groups in total. The summed E-state index contributed by atoms with van der Waals surface area (Å²) in [6, 6.07) is 8.43. The number of nitrogens with zero attached hydrogens (tertiary/aromatic N) is 1. The van der Waals surface area contributed by atoms with Gasteiger partial charge >= 0.3 is 5.97 Å². The summed E-state index contributed by atoms with van der Waals surface area (Å²) in [5.41, 5.74) is 0.666. The van der Waals surface area contributed by atoms with Crippen LogP contribution in [0.3, 0.4) is 0 Å². The van der Waals surface area contributed by atoms with Crippen LogP contribution >= 0.6 is 11.6 Å². The monoisotopic (exact) mass is 265 g/mol. The standard InChI is InChI=1S/C13H12ClNO3/c1-15(8-9-4-3-7-18-9)12-10(13(16)17)5-2-6-11(12)14/h2-7H,8H2,1H3,(H,16,17). The van der Waals surface area contributed by atoms with Gasteiger partial charge < -0.3 is 14.4 Å². The van der Waals surface area contributed by atoms with Gasteiger partial charge in [0.2, 0.25) is 0 Å². The molecule has 0 aliphatic heterocycles. The number of anilines is 1. The van der Waals surface area contributed by atoms with E-state index < -0.39 is 5.97 Å². The third-order valence-corrected chi connectivity index (χ3v) is 2.88. The number of hydrogen-bond acceptors (Lipinski definition) is 3. The van der Waals surface area contributed by atoms with Crippen LogP contribution in [-0.2, 0) is 6.54 Å². The van der Waals surface area contributed by atoms with Crippen LogP contribution in [0.5, 0.6) is 0 Å². The molecule has 2 aromatic rings. The van der Waals surface area contributed by atoms with Crippen LogP contribution < -0.4 is 4.90 Å². The minimum Gasteiger partial charge on any atom is -0.478 e. The second-order valence-corrected chi connectivity index (χ2v) is 4.28. The van der Waals surface area contributed by atoms with Gasteiger partial charge in [0.05, 0.1) is 29.1 Å². The van der Waals surface area contributed by atoms with E-state index in [4.69, 9.17) is 21.1 Å². The van der Waals surface area contributed by atoms with Crippen LogP contribution in [0.25, 0.3) is 0 Å². The summed E-state index contributed by atoms with van der Waals surface area (Å²) in [7, 11) is 1.77. The Balaban J connectivity index is 2.34. The molecule has 0 unspecified atom stereocenters. The van der Waals surface area contributed by atoms with E-state index in [1.807, 2.05) is 6.07 Å². The molecule has 0 bridgehead atoms. The maximum atomic E-state index is 11.2. The molecule has 1 aromatic carbocycles. The molecule has 5 heteroatoms. The maximum absolute atomic E-state index is 11.2. The molecule has 0 saturated carbocycles. The lowest BCUT2D eigenvalue weighted by molar-refractivity contribution is 0.0697. The molecule has 18 heavy (non-hydrogen) atoms. The number of carbonyl (C=O) groups is 1. The number of carboxylic acids is 1. The lowest BCUT2D eigenvalue weighted by atomic mass is 10.1. The van der Waals surface area contributed by atoms with Gasteiger partial charge in [-0.3, -0.25) is 0 Å². The minimum absolute atomic E-state index is 0.177. The Bertz CT molecular complexity index is 551. The zero-order valence-electron chi connectivity index (χ0n) is 9.76. The highest BCUT2D eigenvalue weighted by Gasteiger charge is 2.17. The van der Waals surface area contributed by atoms with E-state index in [0.29, 0.717) is 17.3 Å². The van der Waals surface area contributed by atoms with Crippen LogP contribution in [0.1, 0.15) is 16.1 Å². The Hall–Kier alpha value is -1.94. The van der Waals surface area contributed by atoms with Gasteiger partial charge in [-0.25, -0.2) is 4.79 Å². The highest BCUT2D eigenvalue weighted by Crippen LogP contribution is 2.30. The van der Waals surface area contributed by atoms with E-state index in [0.717, 1.165) is 5.76 Å². The zero-order chi connectivity index (χ0) is 13.1. The zero-order valence-corrected chi connectivity index (χ0v) is 10.5. The third kappa shape index (κ3) is 2.49. The first-order chi connectivity index (χ1) is 8.59. The van der Waals surface area contributed by atoms with Gasteiger partial charge in [-0.15, -0.1) is 0 Å². The quantitative estimate of drug-likeness (QED) is 0.922. The van der Waals surface area contributed by atoms with Crippen LogP contribution in [-0.4, -0.2) is 18.1 Å². The molecule has 0 aliphatic carbocycles. The van der Waals surface area contributed by atoms with E-state index in [1.165, 1.54) is 6.07 Å². The van der Waals surface area contributed by atoms with Crippen LogP contribution in [0.4, 0.5) is 5.69 Å². The predicted molar refractivity (Wildman–Crippen MR) is 69.2 cm³/mol. The Morgan fingerprint density at radius 1 is 1.39 bits per heavy atom. The van der Waals surface area contributed by atoms with Gasteiger partial charge in [0.15, 0.2) is 0 Å². The van der Waals surface area contributed by atoms with Crippen molar-refractivity contribution in [3.05, 3.63) is 52.9 Å². The largest absolute Gasteiger partial charge is 0.478 e. The highest BCUT2D eigenvalue weighted by molar-refractivity contribution is 6.34. The summed E-state index contributed by atoms with van der Waals surface area (Å²) in [5.74, 6) is -0.257. The summed E-state index contributed by atoms with van der Waals surface area (Å²) in [6.07, 6.45) is 1.58. The summed E-state index contributed by atoms with van der Waals surface area (Å²) < 4.78 is 5.23. The predicted octanol–water partition coefficient (Wildman–Crippen LogP) is 3.27. The van der Waals surface area contributed by atoms with Crippen molar-refractivity contribution in [2.24, 2.45) is 0 Å². The van der Waals surface area contributed by atoms with Crippen molar-refractivity contribution in [2.75, 3.05) is 11.9 Å². The van der Waals surface area contributed by atoms with Crippen LogP contribution in [0.15, 0.2) is 41.0 Å². The van der Waals surface area contributed by atoms with E-state index in [1.54, 1.807) is 36.4 Å². The Morgan fingerprint density at radius 2 is 2.17 bits per heavy atom. The van der Waals surface area contributed by atoms with Crippen molar-refractivity contribution >= 4 is 23.3 Å². The smallest absolute Gasteiger partial charge is 0.337 e. The minimum atomic E-state index is -1.00. The van der Waals surface area contributed by atoms with E-state index in [2.05, 4.69) is 0 Å². The molecule has 1 heterocycles. The molecule has 0 amide bonds. The van der Waals surface area contributed by atoms with Crippen molar-refractivity contribution in [3.63, 3.8) is 0 Å². The van der Waals surface area contributed by atoms with Gasteiger partial charge in [-0.05, 0) is 24.3 Å². The fourth-order valence-electron chi connectivity index (χ4n) is 1.79. The maximum Gasteiger partial charge on any atom is 0.337 e. The number of para-hydroxylation sites is 1. The molecule has 0 saturated heterocycles. The molecule has 0 aliphatic rings. The Kier molecular flexibility index (Phi) is 3.58. The number of hydrogen-bond donors (Lipinski definition) is 1. The molecule has 0 fully saturated rings. The molecular formula is C13H12ClNO3. The normalized spacial score (nSPS) is 10.3. The van der Waals surface area contributed by atoms with E-state index in [9.17, 15) is 4.79 Å². The average molecular weight is 266 g/mol. The lowest BCUT2D eigenvalue weighted by Gasteiger charge is -2.21. The first kappa shape index (κ1) is 12.5. The average Bonchev–Trinajstić information content (AvgIpc) is 2.81. The van der Waals surface area contributed by atoms with Crippen LogP contribution in [0.2, 0.25) is 5.02 Å². The van der Waals surface area contributed by atoms with Gasteiger partial charge in [0, 0.05) is 7.05 Å². The number of carboxylic acid groups (broad SMARTS) is 1. The summed E-state index contributed by atoms with van der Waals surface area (Å²) >= 11 is 6.07. The van der Waals surface area contributed by atoms with Crippen molar-refractivity contribution in [3.8, 4) is 0 Å². The first-order valence-electron chi connectivity index (χ1n) is 5.35. The van der Waals surface area contributed by atoms with Crippen LogP contribution in [0, 0.1) is 0 Å². The molecular weight excluding hydrogens is 254 g/mol. The second kappa shape index (κ2) is 5.14. The lowest BCUT2D eigenvalue weighted by Crippen LogP contribution is -2.19. The molecule has 1 aromatic heterocycles. The molecule has 94 valence electrons. The highest BCUT2D eigenvalue weighted by atomic mass is 35.5.